The van der Waals surface area contributed by atoms with E-state index in [1.165, 1.54) is 4.90 Å². The van der Waals surface area contributed by atoms with Crippen LogP contribution in [-0.2, 0) is 4.79 Å². The monoisotopic (exact) mass is 342 g/mol. The maximum Gasteiger partial charge on any atom is 0.389 e. The average molecular weight is 342 g/mol. The van der Waals surface area contributed by atoms with E-state index in [4.69, 9.17) is 0 Å². The molecule has 0 saturated heterocycles. The first-order valence-electron chi connectivity index (χ1n) is 7.04. The quantitative estimate of drug-likeness (QED) is 0.380. The van der Waals surface area contributed by atoms with Crippen molar-refractivity contribution >= 4 is 23.6 Å². The predicted octanol–water partition coefficient (Wildman–Crippen LogP) is 1.71. The number of aliphatic imine (C=N–C) groups is 1. The molecule has 0 aromatic carbocycles. The van der Waals surface area contributed by atoms with Crippen LogP contribution in [0.1, 0.15) is 19.3 Å². The minimum Gasteiger partial charge on any atom is -0.356 e. The summed E-state index contributed by atoms with van der Waals surface area (Å²) >= 11 is 1.66. The normalized spacial score (nSPS) is 12.2. The van der Waals surface area contributed by atoms with Crippen LogP contribution in [0.25, 0.3) is 0 Å². The lowest BCUT2D eigenvalue weighted by Gasteiger charge is -2.13. The third-order valence-electron chi connectivity index (χ3n) is 2.65. The molecular formula is C13H25F3N4OS. The van der Waals surface area contributed by atoms with Gasteiger partial charge >= 0.3 is 6.18 Å². The largest absolute Gasteiger partial charge is 0.389 e. The molecule has 0 spiro atoms. The van der Waals surface area contributed by atoms with E-state index in [-0.39, 0.29) is 18.9 Å². The first-order chi connectivity index (χ1) is 10.3. The van der Waals surface area contributed by atoms with E-state index >= 15 is 0 Å². The first-order valence-corrected chi connectivity index (χ1v) is 8.43. The maximum atomic E-state index is 12.0. The summed E-state index contributed by atoms with van der Waals surface area (Å²) < 4.78 is 36.1. The third-order valence-corrected chi connectivity index (χ3v) is 3.26. The molecule has 0 unspecified atom stereocenters. The summed E-state index contributed by atoms with van der Waals surface area (Å²) in [5, 5.41) is 6.00. The van der Waals surface area contributed by atoms with Gasteiger partial charge in [0.05, 0.1) is 0 Å². The number of nitrogens with one attached hydrogen (secondary N) is 2. The Bertz CT molecular complexity index is 349. The molecule has 0 bridgehead atoms. The lowest BCUT2D eigenvalue weighted by molar-refractivity contribution is -0.135. The Hall–Kier alpha value is -1.12. The Labute approximate surface area is 134 Å². The van der Waals surface area contributed by atoms with Crippen LogP contribution in [0, 0.1) is 0 Å². The Morgan fingerprint density at radius 2 is 1.82 bits per heavy atom. The minimum absolute atomic E-state index is 0.00412. The SMILES string of the molecule is CSCCNC(=NCC(=O)N(C)C)NCCCCC(F)(F)F. The Morgan fingerprint density at radius 3 is 2.36 bits per heavy atom. The van der Waals surface area contributed by atoms with Gasteiger partial charge in [-0.25, -0.2) is 4.99 Å². The number of amides is 1. The number of hydrogen-bond donors (Lipinski definition) is 2. The van der Waals surface area contributed by atoms with Crippen LogP contribution in [0.2, 0.25) is 0 Å². The molecule has 0 rings (SSSR count). The van der Waals surface area contributed by atoms with Crippen molar-refractivity contribution in [2.45, 2.75) is 25.4 Å². The molecule has 0 heterocycles. The second kappa shape index (κ2) is 11.4. The van der Waals surface area contributed by atoms with Crippen molar-refractivity contribution in [2.75, 3.05) is 45.7 Å². The predicted molar refractivity (Wildman–Crippen MR) is 85.3 cm³/mol. The van der Waals surface area contributed by atoms with Crippen molar-refractivity contribution in [3.8, 4) is 0 Å². The molecule has 22 heavy (non-hydrogen) atoms. The number of hydrogen-bond acceptors (Lipinski definition) is 3. The van der Waals surface area contributed by atoms with E-state index in [9.17, 15) is 18.0 Å². The number of thioether (sulfide) groups is 1. The highest BCUT2D eigenvalue weighted by molar-refractivity contribution is 7.98. The molecular weight excluding hydrogens is 317 g/mol. The highest BCUT2D eigenvalue weighted by atomic mass is 32.2. The average Bonchev–Trinajstić information content (AvgIpc) is 2.42. The van der Waals surface area contributed by atoms with Crippen LogP contribution < -0.4 is 10.6 Å². The second-order valence-corrected chi connectivity index (χ2v) is 5.86. The van der Waals surface area contributed by atoms with Gasteiger partial charge in [0.25, 0.3) is 0 Å². The van der Waals surface area contributed by atoms with Crippen LogP contribution in [-0.4, -0.2) is 68.7 Å². The van der Waals surface area contributed by atoms with Crippen LogP contribution in [0.5, 0.6) is 0 Å². The summed E-state index contributed by atoms with van der Waals surface area (Å²) in [6.45, 7) is 1.06. The molecule has 0 aliphatic carbocycles. The van der Waals surface area contributed by atoms with Crippen LogP contribution >= 0.6 is 11.8 Å². The molecule has 0 aliphatic rings. The van der Waals surface area contributed by atoms with E-state index in [0.717, 1.165) is 5.75 Å². The Balaban J connectivity index is 4.17. The molecule has 1 amide bonds. The number of halogens is 3. The number of carbonyl (C=O) groups excluding carboxylic acids is 1. The molecule has 130 valence electrons. The molecule has 0 radical (unpaired) electrons. The lowest BCUT2D eigenvalue weighted by Crippen LogP contribution is -2.40. The van der Waals surface area contributed by atoms with Crippen molar-refractivity contribution in [3.63, 3.8) is 0 Å². The van der Waals surface area contributed by atoms with Gasteiger partial charge in [-0.2, -0.15) is 24.9 Å². The third kappa shape index (κ3) is 12.6. The molecule has 2 N–H and O–H groups in total. The Kier molecular flexibility index (Phi) is 10.9. The summed E-state index contributed by atoms with van der Waals surface area (Å²) in [6.07, 6.45) is -2.44. The van der Waals surface area contributed by atoms with Gasteiger partial charge in [-0.05, 0) is 19.1 Å². The zero-order chi connectivity index (χ0) is 17.0. The van der Waals surface area contributed by atoms with E-state index in [1.807, 2.05) is 6.26 Å². The van der Waals surface area contributed by atoms with Gasteiger partial charge in [-0.1, -0.05) is 0 Å². The molecule has 5 nitrogen and oxygen atoms in total. The maximum absolute atomic E-state index is 12.0. The van der Waals surface area contributed by atoms with Crippen LogP contribution in [0.4, 0.5) is 13.2 Å². The van der Waals surface area contributed by atoms with Gasteiger partial charge in [0.2, 0.25) is 5.91 Å². The standard InChI is InChI=1S/C13H25F3N4OS/c1-20(2)11(21)10-19-12(18-8-9-22-3)17-7-5-4-6-13(14,15)16/h4-10H2,1-3H3,(H2,17,18,19). The summed E-state index contributed by atoms with van der Waals surface area (Å²) in [5.74, 6) is 1.19. The van der Waals surface area contributed by atoms with E-state index in [0.29, 0.717) is 25.5 Å². The van der Waals surface area contributed by atoms with Crippen molar-refractivity contribution in [3.05, 3.63) is 0 Å². The van der Waals surface area contributed by atoms with E-state index in [2.05, 4.69) is 15.6 Å². The van der Waals surface area contributed by atoms with Gasteiger partial charge in [0.1, 0.15) is 6.54 Å². The number of guanidine groups is 1. The van der Waals surface area contributed by atoms with E-state index in [1.54, 1.807) is 25.9 Å². The molecule has 0 atom stereocenters. The second-order valence-electron chi connectivity index (χ2n) is 4.87. The van der Waals surface area contributed by atoms with Gasteiger partial charge in [0.15, 0.2) is 5.96 Å². The topological polar surface area (TPSA) is 56.7 Å². The lowest BCUT2D eigenvalue weighted by atomic mass is 10.2. The van der Waals surface area contributed by atoms with Gasteiger partial charge in [0, 0.05) is 39.4 Å². The van der Waals surface area contributed by atoms with Gasteiger partial charge < -0.3 is 15.5 Å². The van der Waals surface area contributed by atoms with Crippen LogP contribution in [0.15, 0.2) is 4.99 Å². The molecule has 0 fully saturated rings. The first kappa shape index (κ1) is 20.9. The summed E-state index contributed by atoms with van der Waals surface area (Å²) in [6, 6.07) is 0. The summed E-state index contributed by atoms with van der Waals surface area (Å²) in [4.78, 5) is 17.1. The minimum atomic E-state index is -4.11. The van der Waals surface area contributed by atoms with Gasteiger partial charge in [-0.3, -0.25) is 4.79 Å². The summed E-state index contributed by atoms with van der Waals surface area (Å²) in [5.41, 5.74) is 0. The number of nitrogens with zero attached hydrogens (tertiary/aromatic N) is 2. The van der Waals surface area contributed by atoms with Crippen molar-refractivity contribution in [2.24, 2.45) is 4.99 Å². The molecule has 0 aromatic rings. The Morgan fingerprint density at radius 1 is 1.18 bits per heavy atom. The zero-order valence-electron chi connectivity index (χ0n) is 13.3. The van der Waals surface area contributed by atoms with Gasteiger partial charge in [-0.15, -0.1) is 0 Å². The number of alkyl halides is 3. The van der Waals surface area contributed by atoms with E-state index < -0.39 is 12.6 Å². The highest BCUT2D eigenvalue weighted by Crippen LogP contribution is 2.21. The van der Waals surface area contributed by atoms with Crippen molar-refractivity contribution < 1.29 is 18.0 Å². The molecule has 0 aliphatic heterocycles. The number of carbonyl (C=O) groups is 1. The molecule has 0 aromatic heterocycles. The fourth-order valence-corrected chi connectivity index (χ4v) is 1.70. The summed E-state index contributed by atoms with van der Waals surface area (Å²) in [7, 11) is 3.28. The molecule has 0 saturated carbocycles. The zero-order valence-corrected chi connectivity index (χ0v) is 14.1. The number of unbranched alkanes of at least 4 members (excludes halogenated alkanes) is 1. The van der Waals surface area contributed by atoms with Crippen LogP contribution in [0.3, 0.4) is 0 Å². The highest BCUT2D eigenvalue weighted by Gasteiger charge is 2.25. The van der Waals surface area contributed by atoms with Crippen molar-refractivity contribution in [1.29, 1.82) is 0 Å². The fourth-order valence-electron chi connectivity index (χ4n) is 1.39. The number of rotatable bonds is 9. The molecule has 9 heteroatoms. The number of likely N-dealkylation sites (N-methyl/N-ethyl adjacent to an activating group) is 1. The smallest absolute Gasteiger partial charge is 0.356 e. The van der Waals surface area contributed by atoms with Crippen molar-refractivity contribution in [1.82, 2.24) is 15.5 Å². The fraction of sp³-hybridized carbons (Fsp3) is 0.846.